The van der Waals surface area contributed by atoms with Crippen molar-refractivity contribution in [2.75, 3.05) is 47.1 Å². The second-order valence-electron chi connectivity index (χ2n) is 8.74. The number of amides is 1. The molecule has 4 heterocycles. The molecule has 0 unspecified atom stereocenters. The summed E-state index contributed by atoms with van der Waals surface area (Å²) in [6.07, 6.45) is 0. The molecular formula is C23H27N5O4S. The number of nitrogens with zero attached hydrogens (tertiary/aromatic N) is 4. The van der Waals surface area contributed by atoms with Crippen LogP contribution in [0.3, 0.4) is 0 Å². The van der Waals surface area contributed by atoms with Crippen LogP contribution in [0, 0.1) is 6.92 Å². The van der Waals surface area contributed by atoms with Gasteiger partial charge in [-0.2, -0.15) is 0 Å². The molecule has 33 heavy (non-hydrogen) atoms. The summed E-state index contributed by atoms with van der Waals surface area (Å²) in [4.78, 5) is 40.8. The number of hydrogen-bond acceptors (Lipinski definition) is 8. The lowest BCUT2D eigenvalue weighted by Gasteiger charge is -2.34. The van der Waals surface area contributed by atoms with Crippen molar-refractivity contribution in [1.29, 1.82) is 0 Å². The molecule has 2 aromatic heterocycles. The van der Waals surface area contributed by atoms with Crippen LogP contribution in [0.15, 0.2) is 23.0 Å². The van der Waals surface area contributed by atoms with Crippen molar-refractivity contribution < 1.29 is 14.3 Å². The third-order valence-corrected chi connectivity index (χ3v) is 7.19. The van der Waals surface area contributed by atoms with E-state index in [0.717, 1.165) is 31.1 Å². The first-order valence-corrected chi connectivity index (χ1v) is 11.8. The van der Waals surface area contributed by atoms with Gasteiger partial charge < -0.3 is 24.3 Å². The molecule has 10 heteroatoms. The summed E-state index contributed by atoms with van der Waals surface area (Å²) in [5, 5.41) is 0.521. The largest absolute Gasteiger partial charge is 0.454 e. The number of ether oxygens (including phenoxy) is 2. The summed E-state index contributed by atoms with van der Waals surface area (Å²) in [5.41, 5.74) is 1.70. The minimum atomic E-state index is -0.182. The van der Waals surface area contributed by atoms with E-state index in [1.807, 2.05) is 43.0 Å². The number of thiophene rings is 1. The Kier molecular flexibility index (Phi) is 5.81. The number of benzene rings is 1. The lowest BCUT2D eigenvalue weighted by atomic mass is 10.1. The molecule has 0 bridgehead atoms. The van der Waals surface area contributed by atoms with Crippen molar-refractivity contribution in [3.8, 4) is 11.5 Å². The second-order valence-corrected chi connectivity index (χ2v) is 9.74. The number of carbonyl (C=O) groups is 1. The maximum Gasteiger partial charge on any atom is 0.264 e. The molecular weight excluding hydrogens is 442 g/mol. The fourth-order valence-electron chi connectivity index (χ4n) is 4.32. The van der Waals surface area contributed by atoms with E-state index in [4.69, 9.17) is 9.47 Å². The van der Waals surface area contributed by atoms with Crippen molar-refractivity contribution >= 4 is 27.5 Å². The lowest BCUT2D eigenvalue weighted by molar-refractivity contribution is 0.0632. The van der Waals surface area contributed by atoms with E-state index in [0.29, 0.717) is 46.1 Å². The molecule has 0 radical (unpaired) electrons. The number of piperazine rings is 1. The van der Waals surface area contributed by atoms with Crippen molar-refractivity contribution in [3.63, 3.8) is 0 Å². The first kappa shape index (κ1) is 21.9. The van der Waals surface area contributed by atoms with Crippen molar-refractivity contribution in [2.45, 2.75) is 20.0 Å². The summed E-state index contributed by atoms with van der Waals surface area (Å²) < 4.78 is 10.9. The fraction of sp³-hybridized carbons (Fsp3) is 0.435. The maximum atomic E-state index is 13.3. The lowest BCUT2D eigenvalue weighted by Crippen LogP contribution is -2.48. The Balaban J connectivity index is 1.27. The van der Waals surface area contributed by atoms with Gasteiger partial charge in [0.05, 0.1) is 16.8 Å². The number of aryl methyl sites for hydroxylation is 1. The van der Waals surface area contributed by atoms with Gasteiger partial charge in [0.15, 0.2) is 11.5 Å². The molecule has 3 aromatic rings. The van der Waals surface area contributed by atoms with Gasteiger partial charge in [-0.25, -0.2) is 4.98 Å². The predicted molar refractivity (Wildman–Crippen MR) is 126 cm³/mol. The summed E-state index contributed by atoms with van der Waals surface area (Å²) in [5.74, 6) is 2.16. The van der Waals surface area contributed by atoms with Crippen LogP contribution in [-0.4, -0.2) is 77.6 Å². The van der Waals surface area contributed by atoms with Gasteiger partial charge in [-0.3, -0.25) is 14.5 Å². The number of aromatic amines is 1. The Labute approximate surface area is 195 Å². The predicted octanol–water partition coefficient (Wildman–Crippen LogP) is 2.04. The number of carbonyl (C=O) groups excluding carboxylic acids is 1. The summed E-state index contributed by atoms with van der Waals surface area (Å²) >= 11 is 1.32. The number of rotatable bonds is 5. The van der Waals surface area contributed by atoms with Crippen LogP contribution in [0.5, 0.6) is 11.5 Å². The fourth-order valence-corrected chi connectivity index (χ4v) is 5.49. The average Bonchev–Trinajstić information content (AvgIpc) is 3.37. The summed E-state index contributed by atoms with van der Waals surface area (Å²) in [6.45, 7) is 6.32. The molecule has 0 atom stereocenters. The number of nitrogens with one attached hydrogen (secondary N) is 1. The number of H-pyrrole nitrogens is 1. The van der Waals surface area contributed by atoms with Crippen molar-refractivity contribution in [2.24, 2.45) is 0 Å². The number of aromatic nitrogens is 2. The van der Waals surface area contributed by atoms with E-state index < -0.39 is 0 Å². The molecule has 0 saturated carbocycles. The van der Waals surface area contributed by atoms with Gasteiger partial charge in [0.1, 0.15) is 10.7 Å². The topological polar surface area (TPSA) is 91.0 Å². The third-order valence-electron chi connectivity index (χ3n) is 6.01. The van der Waals surface area contributed by atoms with Gasteiger partial charge in [0.25, 0.3) is 11.5 Å². The maximum absolute atomic E-state index is 13.3. The van der Waals surface area contributed by atoms with Gasteiger partial charge in [-0.1, -0.05) is 6.07 Å². The highest BCUT2D eigenvalue weighted by atomic mass is 32.1. The third kappa shape index (κ3) is 4.33. The molecule has 5 rings (SSSR count). The monoisotopic (exact) mass is 469 g/mol. The Morgan fingerprint density at radius 1 is 1.18 bits per heavy atom. The van der Waals surface area contributed by atoms with E-state index in [2.05, 4.69) is 20.9 Å². The molecule has 1 amide bonds. The van der Waals surface area contributed by atoms with Crippen LogP contribution < -0.4 is 15.0 Å². The number of fused-ring (bicyclic) bond motifs is 2. The average molecular weight is 470 g/mol. The Morgan fingerprint density at radius 3 is 2.70 bits per heavy atom. The van der Waals surface area contributed by atoms with Crippen LogP contribution in [0.4, 0.5) is 0 Å². The zero-order valence-electron chi connectivity index (χ0n) is 19.0. The SMILES string of the molecule is Cc1c(C(=O)N2CCN(Cc3ccc4c(c3)OCO4)CC2)sc2nc(CN(C)C)[nH]c(=O)c12. The first-order chi connectivity index (χ1) is 15.9. The van der Waals surface area contributed by atoms with E-state index in [1.165, 1.54) is 16.9 Å². The van der Waals surface area contributed by atoms with Gasteiger partial charge in [-0.15, -0.1) is 11.3 Å². The van der Waals surface area contributed by atoms with E-state index >= 15 is 0 Å². The van der Waals surface area contributed by atoms with Crippen LogP contribution in [-0.2, 0) is 13.1 Å². The van der Waals surface area contributed by atoms with E-state index in [9.17, 15) is 9.59 Å². The highest BCUT2D eigenvalue weighted by Crippen LogP contribution is 2.33. The number of hydrogen-bond donors (Lipinski definition) is 1. The molecule has 1 fully saturated rings. The van der Waals surface area contributed by atoms with E-state index in [-0.39, 0.29) is 18.3 Å². The minimum Gasteiger partial charge on any atom is -0.454 e. The molecule has 1 N–H and O–H groups in total. The molecule has 1 aromatic carbocycles. The first-order valence-electron chi connectivity index (χ1n) is 11.0. The quantitative estimate of drug-likeness (QED) is 0.612. The van der Waals surface area contributed by atoms with Gasteiger partial charge in [-0.05, 0) is 44.3 Å². The van der Waals surface area contributed by atoms with Crippen molar-refractivity contribution in [1.82, 2.24) is 24.7 Å². The van der Waals surface area contributed by atoms with Crippen LogP contribution in [0.1, 0.15) is 26.6 Å². The molecule has 2 aliphatic heterocycles. The Bertz CT molecular complexity index is 1260. The molecule has 0 spiro atoms. The molecule has 2 aliphatic rings. The summed E-state index contributed by atoms with van der Waals surface area (Å²) in [7, 11) is 3.84. The minimum absolute atomic E-state index is 0.0215. The van der Waals surface area contributed by atoms with Crippen LogP contribution in [0.25, 0.3) is 10.2 Å². The summed E-state index contributed by atoms with van der Waals surface area (Å²) in [6, 6.07) is 6.03. The second kappa shape index (κ2) is 8.77. The molecule has 1 saturated heterocycles. The van der Waals surface area contributed by atoms with Gasteiger partial charge in [0.2, 0.25) is 6.79 Å². The highest BCUT2D eigenvalue weighted by molar-refractivity contribution is 7.20. The zero-order chi connectivity index (χ0) is 23.1. The molecule has 174 valence electrons. The van der Waals surface area contributed by atoms with Crippen LogP contribution in [0.2, 0.25) is 0 Å². The smallest absolute Gasteiger partial charge is 0.264 e. The van der Waals surface area contributed by atoms with E-state index in [1.54, 1.807) is 0 Å². The van der Waals surface area contributed by atoms with Crippen LogP contribution >= 0.6 is 11.3 Å². The molecule has 0 aliphatic carbocycles. The molecule has 9 nitrogen and oxygen atoms in total. The Hall–Kier alpha value is -2.95. The highest BCUT2D eigenvalue weighted by Gasteiger charge is 2.27. The van der Waals surface area contributed by atoms with Gasteiger partial charge in [0, 0.05) is 32.7 Å². The standard InChI is InChI=1S/C23H27N5O4S/c1-14-19-21(29)24-18(12-26(2)3)25-22(19)33-20(14)23(30)28-8-6-27(7-9-28)11-15-4-5-16-17(10-15)32-13-31-16/h4-5,10H,6-9,11-13H2,1-3H3,(H,24,25,29). The van der Waals surface area contributed by atoms with Crippen molar-refractivity contribution in [3.05, 3.63) is 50.4 Å². The zero-order valence-corrected chi connectivity index (χ0v) is 19.8. The normalized spacial score (nSPS) is 16.2. The van der Waals surface area contributed by atoms with Gasteiger partial charge >= 0.3 is 0 Å². The Morgan fingerprint density at radius 2 is 1.94 bits per heavy atom.